The predicted octanol–water partition coefficient (Wildman–Crippen LogP) is 1.97. The van der Waals surface area contributed by atoms with Crippen molar-refractivity contribution in [2.24, 2.45) is 0 Å². The van der Waals surface area contributed by atoms with E-state index in [4.69, 9.17) is 0 Å². The van der Waals surface area contributed by atoms with Gasteiger partial charge in [-0.1, -0.05) is 28.1 Å². The normalized spacial score (nSPS) is 10.3. The van der Waals surface area contributed by atoms with Crippen LogP contribution in [-0.4, -0.2) is 33.0 Å². The lowest BCUT2D eigenvalue weighted by Crippen LogP contribution is -2.26. The Kier molecular flexibility index (Phi) is 4.09. The first-order valence-corrected chi connectivity index (χ1v) is 6.57. The third-order valence-electron chi connectivity index (χ3n) is 2.55. The molecule has 0 saturated carbocycles. The quantitative estimate of drug-likeness (QED) is 0.878. The molecule has 18 heavy (non-hydrogen) atoms. The Morgan fingerprint density at radius 2 is 2.11 bits per heavy atom. The first-order chi connectivity index (χ1) is 8.70. The van der Waals surface area contributed by atoms with Gasteiger partial charge in [-0.15, -0.1) is 0 Å². The molecular formula is C12H13BrN4O. The van der Waals surface area contributed by atoms with Gasteiger partial charge >= 0.3 is 0 Å². The Morgan fingerprint density at radius 3 is 2.67 bits per heavy atom. The molecule has 2 aromatic rings. The highest BCUT2D eigenvalue weighted by Gasteiger charge is 2.12. The molecule has 6 heteroatoms. The van der Waals surface area contributed by atoms with Gasteiger partial charge < -0.3 is 4.90 Å². The van der Waals surface area contributed by atoms with Crippen molar-refractivity contribution < 1.29 is 4.79 Å². The standard InChI is InChI=1S/C12H13BrN4O/c1-17(7-11-14-8-15-16-11)12(18)10-4-2-9(6-13)3-5-10/h2-5,8H,6-7H2,1H3,(H,14,15,16). The first-order valence-electron chi connectivity index (χ1n) is 5.45. The molecule has 1 amide bonds. The van der Waals surface area contributed by atoms with Crippen LogP contribution in [0.15, 0.2) is 30.6 Å². The van der Waals surface area contributed by atoms with E-state index in [1.54, 1.807) is 11.9 Å². The summed E-state index contributed by atoms with van der Waals surface area (Å²) in [6.07, 6.45) is 1.43. The van der Waals surface area contributed by atoms with E-state index < -0.39 is 0 Å². The van der Waals surface area contributed by atoms with Crippen molar-refractivity contribution in [3.05, 3.63) is 47.5 Å². The lowest BCUT2D eigenvalue weighted by molar-refractivity contribution is 0.0781. The maximum Gasteiger partial charge on any atom is 0.254 e. The van der Waals surface area contributed by atoms with Gasteiger partial charge in [0.05, 0.1) is 6.54 Å². The number of nitrogens with zero attached hydrogens (tertiary/aromatic N) is 3. The molecule has 0 radical (unpaired) electrons. The van der Waals surface area contributed by atoms with Crippen molar-refractivity contribution in [2.75, 3.05) is 7.05 Å². The molecule has 1 aromatic carbocycles. The number of hydrogen-bond acceptors (Lipinski definition) is 3. The van der Waals surface area contributed by atoms with Crippen molar-refractivity contribution in [3.8, 4) is 0 Å². The zero-order valence-corrected chi connectivity index (χ0v) is 11.5. The number of halogens is 1. The molecule has 1 heterocycles. The van der Waals surface area contributed by atoms with Gasteiger partial charge in [0, 0.05) is 17.9 Å². The molecule has 0 unspecified atom stereocenters. The summed E-state index contributed by atoms with van der Waals surface area (Å²) in [5.74, 6) is 0.635. The van der Waals surface area contributed by atoms with E-state index >= 15 is 0 Å². The van der Waals surface area contributed by atoms with Gasteiger partial charge in [0.1, 0.15) is 12.2 Å². The van der Waals surface area contributed by atoms with Crippen molar-refractivity contribution >= 4 is 21.8 Å². The molecule has 0 fully saturated rings. The monoisotopic (exact) mass is 308 g/mol. The molecule has 1 aromatic heterocycles. The topological polar surface area (TPSA) is 61.9 Å². The largest absolute Gasteiger partial charge is 0.334 e. The Hall–Kier alpha value is -1.69. The van der Waals surface area contributed by atoms with Crippen LogP contribution in [-0.2, 0) is 11.9 Å². The van der Waals surface area contributed by atoms with E-state index in [0.717, 1.165) is 10.9 Å². The molecule has 1 N–H and O–H groups in total. The summed E-state index contributed by atoms with van der Waals surface area (Å²) in [6, 6.07) is 7.53. The second-order valence-corrected chi connectivity index (χ2v) is 4.48. The molecule has 94 valence electrons. The third kappa shape index (κ3) is 2.95. The van der Waals surface area contributed by atoms with Crippen LogP contribution in [0.4, 0.5) is 0 Å². The molecular weight excluding hydrogens is 296 g/mol. The number of benzene rings is 1. The zero-order chi connectivity index (χ0) is 13.0. The minimum Gasteiger partial charge on any atom is -0.334 e. The van der Waals surface area contributed by atoms with Crippen LogP contribution in [0.1, 0.15) is 21.7 Å². The van der Waals surface area contributed by atoms with Crippen molar-refractivity contribution in [1.82, 2.24) is 20.1 Å². The predicted molar refractivity (Wildman–Crippen MR) is 71.3 cm³/mol. The number of nitrogens with one attached hydrogen (secondary N) is 1. The summed E-state index contributed by atoms with van der Waals surface area (Å²) < 4.78 is 0. The summed E-state index contributed by atoms with van der Waals surface area (Å²) >= 11 is 3.37. The van der Waals surface area contributed by atoms with Crippen LogP contribution >= 0.6 is 15.9 Å². The molecule has 2 rings (SSSR count). The number of aromatic amines is 1. The molecule has 0 atom stereocenters. The third-order valence-corrected chi connectivity index (χ3v) is 3.20. The molecule has 5 nitrogen and oxygen atoms in total. The van der Waals surface area contributed by atoms with E-state index in [1.807, 2.05) is 24.3 Å². The summed E-state index contributed by atoms with van der Waals surface area (Å²) in [4.78, 5) is 17.7. The van der Waals surface area contributed by atoms with E-state index in [1.165, 1.54) is 6.33 Å². The van der Waals surface area contributed by atoms with Gasteiger partial charge in [-0.25, -0.2) is 4.98 Å². The highest BCUT2D eigenvalue weighted by atomic mass is 79.9. The second kappa shape index (κ2) is 5.77. The average Bonchev–Trinajstić information content (AvgIpc) is 2.91. The number of carbonyl (C=O) groups is 1. The van der Waals surface area contributed by atoms with E-state index in [0.29, 0.717) is 17.9 Å². The SMILES string of the molecule is CN(Cc1ncn[nH]1)C(=O)c1ccc(CBr)cc1. The van der Waals surface area contributed by atoms with Crippen molar-refractivity contribution in [1.29, 1.82) is 0 Å². The van der Waals surface area contributed by atoms with Crippen LogP contribution in [0, 0.1) is 0 Å². The summed E-state index contributed by atoms with van der Waals surface area (Å²) in [5.41, 5.74) is 1.81. The number of rotatable bonds is 4. The second-order valence-electron chi connectivity index (χ2n) is 3.92. The number of carbonyl (C=O) groups excluding carboxylic acids is 1. The molecule has 0 spiro atoms. The van der Waals surface area contributed by atoms with E-state index in [2.05, 4.69) is 31.1 Å². The summed E-state index contributed by atoms with van der Waals surface area (Å²) in [6.45, 7) is 0.416. The van der Waals surface area contributed by atoms with Gasteiger partial charge in [0.15, 0.2) is 0 Å². The highest BCUT2D eigenvalue weighted by Crippen LogP contribution is 2.10. The molecule has 0 saturated heterocycles. The van der Waals surface area contributed by atoms with Crippen LogP contribution in [0.3, 0.4) is 0 Å². The van der Waals surface area contributed by atoms with E-state index in [-0.39, 0.29) is 5.91 Å². The Morgan fingerprint density at radius 1 is 1.39 bits per heavy atom. The Labute approximate surface area is 113 Å². The highest BCUT2D eigenvalue weighted by molar-refractivity contribution is 9.08. The van der Waals surface area contributed by atoms with Crippen LogP contribution in [0.25, 0.3) is 0 Å². The fraction of sp³-hybridized carbons (Fsp3) is 0.250. The van der Waals surface area contributed by atoms with Crippen molar-refractivity contribution in [2.45, 2.75) is 11.9 Å². The minimum atomic E-state index is -0.0347. The molecule has 0 aliphatic carbocycles. The molecule has 0 aliphatic heterocycles. The lowest BCUT2D eigenvalue weighted by Gasteiger charge is -2.15. The van der Waals surface area contributed by atoms with Crippen LogP contribution in [0.5, 0.6) is 0 Å². The van der Waals surface area contributed by atoms with Gasteiger partial charge in [-0.05, 0) is 17.7 Å². The first kappa shape index (κ1) is 12.8. The summed E-state index contributed by atoms with van der Waals surface area (Å²) in [7, 11) is 1.74. The minimum absolute atomic E-state index is 0.0347. The molecule has 0 aliphatic rings. The number of alkyl halides is 1. The van der Waals surface area contributed by atoms with Gasteiger partial charge in [-0.2, -0.15) is 5.10 Å². The van der Waals surface area contributed by atoms with Crippen LogP contribution in [0.2, 0.25) is 0 Å². The maximum absolute atomic E-state index is 12.1. The Bertz CT molecular complexity index is 509. The number of hydrogen-bond donors (Lipinski definition) is 1. The zero-order valence-electron chi connectivity index (χ0n) is 9.93. The van der Waals surface area contributed by atoms with Gasteiger partial charge in [-0.3, -0.25) is 9.89 Å². The number of aromatic nitrogens is 3. The average molecular weight is 309 g/mol. The number of H-pyrrole nitrogens is 1. The summed E-state index contributed by atoms with van der Waals surface area (Å²) in [5, 5.41) is 7.27. The molecule has 0 bridgehead atoms. The van der Waals surface area contributed by atoms with E-state index in [9.17, 15) is 4.79 Å². The number of amides is 1. The van der Waals surface area contributed by atoms with Crippen molar-refractivity contribution in [3.63, 3.8) is 0 Å². The fourth-order valence-electron chi connectivity index (χ4n) is 1.56. The van der Waals surface area contributed by atoms with Gasteiger partial charge in [0.2, 0.25) is 0 Å². The van der Waals surface area contributed by atoms with Crippen LogP contribution < -0.4 is 0 Å². The Balaban J connectivity index is 2.05. The smallest absolute Gasteiger partial charge is 0.254 e. The fourth-order valence-corrected chi connectivity index (χ4v) is 1.93. The van der Waals surface area contributed by atoms with Gasteiger partial charge in [0.25, 0.3) is 5.91 Å². The maximum atomic E-state index is 12.1. The lowest BCUT2D eigenvalue weighted by atomic mass is 10.1.